The first kappa shape index (κ1) is 14.4. The summed E-state index contributed by atoms with van der Waals surface area (Å²) in [5, 5.41) is 7.09. The SMILES string of the molecule is CNc1ncc(Cl)c(Nc2cc(Cl)c(C)cc2Br)n1. The lowest BCUT2D eigenvalue weighted by atomic mass is 10.2. The fourth-order valence-electron chi connectivity index (χ4n) is 1.44. The molecule has 2 rings (SSSR count). The van der Waals surface area contributed by atoms with Crippen molar-refractivity contribution in [1.82, 2.24) is 9.97 Å². The van der Waals surface area contributed by atoms with Crippen molar-refractivity contribution in [2.24, 2.45) is 0 Å². The highest BCUT2D eigenvalue weighted by atomic mass is 79.9. The fraction of sp³-hybridized carbons (Fsp3) is 0.167. The summed E-state index contributed by atoms with van der Waals surface area (Å²) in [5.41, 5.74) is 1.78. The molecular weight excluding hydrogens is 351 g/mol. The predicted molar refractivity (Wildman–Crippen MR) is 83.8 cm³/mol. The van der Waals surface area contributed by atoms with Gasteiger partial charge in [-0.1, -0.05) is 23.2 Å². The van der Waals surface area contributed by atoms with Crippen LogP contribution in [0.1, 0.15) is 5.56 Å². The Morgan fingerprint density at radius 1 is 1.21 bits per heavy atom. The quantitative estimate of drug-likeness (QED) is 0.836. The number of benzene rings is 1. The van der Waals surface area contributed by atoms with E-state index in [0.717, 1.165) is 15.7 Å². The molecule has 0 bridgehead atoms. The molecule has 1 aromatic carbocycles. The first-order chi connectivity index (χ1) is 9.01. The van der Waals surface area contributed by atoms with Crippen molar-refractivity contribution >= 4 is 56.6 Å². The molecule has 0 saturated carbocycles. The molecule has 0 unspecified atom stereocenters. The van der Waals surface area contributed by atoms with Gasteiger partial charge in [-0.3, -0.25) is 0 Å². The predicted octanol–water partition coefficient (Wildman–Crippen LogP) is 4.64. The largest absolute Gasteiger partial charge is 0.357 e. The van der Waals surface area contributed by atoms with Crippen LogP contribution in [-0.2, 0) is 0 Å². The van der Waals surface area contributed by atoms with Crippen molar-refractivity contribution in [1.29, 1.82) is 0 Å². The molecule has 1 heterocycles. The lowest BCUT2D eigenvalue weighted by molar-refractivity contribution is 1.15. The van der Waals surface area contributed by atoms with Gasteiger partial charge in [-0.25, -0.2) is 4.98 Å². The van der Waals surface area contributed by atoms with Crippen molar-refractivity contribution in [3.63, 3.8) is 0 Å². The van der Waals surface area contributed by atoms with Crippen LogP contribution in [0.3, 0.4) is 0 Å². The van der Waals surface area contributed by atoms with Crippen LogP contribution < -0.4 is 10.6 Å². The maximum atomic E-state index is 6.11. The second kappa shape index (κ2) is 5.94. The first-order valence-electron chi connectivity index (χ1n) is 5.44. The monoisotopic (exact) mass is 360 g/mol. The molecule has 1 aromatic heterocycles. The zero-order chi connectivity index (χ0) is 14.0. The van der Waals surface area contributed by atoms with Gasteiger partial charge in [-0.05, 0) is 40.5 Å². The third-order valence-corrected chi connectivity index (χ3v) is 3.81. The number of nitrogens with one attached hydrogen (secondary N) is 2. The van der Waals surface area contributed by atoms with E-state index in [1.807, 2.05) is 19.1 Å². The summed E-state index contributed by atoms with van der Waals surface area (Å²) in [4.78, 5) is 8.27. The molecule has 0 aliphatic carbocycles. The van der Waals surface area contributed by atoms with E-state index in [1.54, 1.807) is 7.05 Å². The lowest BCUT2D eigenvalue weighted by Crippen LogP contribution is -2.01. The van der Waals surface area contributed by atoms with Gasteiger partial charge in [0.15, 0.2) is 5.82 Å². The fourth-order valence-corrected chi connectivity index (χ4v) is 2.30. The number of aromatic nitrogens is 2. The topological polar surface area (TPSA) is 49.8 Å². The second-order valence-electron chi connectivity index (χ2n) is 3.85. The van der Waals surface area contributed by atoms with Gasteiger partial charge in [-0.15, -0.1) is 0 Å². The van der Waals surface area contributed by atoms with Crippen LogP contribution >= 0.6 is 39.1 Å². The summed E-state index contributed by atoms with van der Waals surface area (Å²) in [7, 11) is 1.74. The van der Waals surface area contributed by atoms with Crippen molar-refractivity contribution in [3.05, 3.63) is 38.4 Å². The molecule has 0 radical (unpaired) electrons. The van der Waals surface area contributed by atoms with E-state index >= 15 is 0 Å². The standard InChI is InChI=1S/C12H11BrCl2N4/c1-6-3-7(13)10(4-8(6)14)18-11-9(15)5-17-12(16-2)19-11/h3-5H,1-2H3,(H2,16,17,18,19). The highest BCUT2D eigenvalue weighted by molar-refractivity contribution is 9.10. The normalized spacial score (nSPS) is 10.4. The molecule has 4 nitrogen and oxygen atoms in total. The molecule has 0 aliphatic rings. The summed E-state index contributed by atoms with van der Waals surface area (Å²) in [6.45, 7) is 1.94. The molecule has 19 heavy (non-hydrogen) atoms. The van der Waals surface area contributed by atoms with Crippen molar-refractivity contribution < 1.29 is 0 Å². The van der Waals surface area contributed by atoms with Crippen LogP contribution in [0, 0.1) is 6.92 Å². The lowest BCUT2D eigenvalue weighted by Gasteiger charge is -2.11. The third kappa shape index (κ3) is 3.29. The number of anilines is 3. The maximum absolute atomic E-state index is 6.11. The zero-order valence-electron chi connectivity index (χ0n) is 10.3. The summed E-state index contributed by atoms with van der Waals surface area (Å²) >= 11 is 15.7. The van der Waals surface area contributed by atoms with E-state index < -0.39 is 0 Å². The minimum atomic E-state index is 0.433. The van der Waals surface area contributed by atoms with E-state index in [2.05, 4.69) is 36.5 Å². The smallest absolute Gasteiger partial charge is 0.224 e. The molecule has 0 amide bonds. The Morgan fingerprint density at radius 2 is 1.95 bits per heavy atom. The van der Waals surface area contributed by atoms with Crippen LogP contribution in [0.2, 0.25) is 10.0 Å². The molecular formula is C12H11BrCl2N4. The van der Waals surface area contributed by atoms with Gasteiger partial charge >= 0.3 is 0 Å². The Bertz CT molecular complexity index is 619. The van der Waals surface area contributed by atoms with Crippen LogP contribution in [0.25, 0.3) is 0 Å². The van der Waals surface area contributed by atoms with Crippen LogP contribution in [0.15, 0.2) is 22.8 Å². The summed E-state index contributed by atoms with van der Waals surface area (Å²) in [6.07, 6.45) is 1.53. The minimum absolute atomic E-state index is 0.433. The van der Waals surface area contributed by atoms with Gasteiger partial charge in [0.05, 0.1) is 11.9 Å². The van der Waals surface area contributed by atoms with Gasteiger partial charge in [0.2, 0.25) is 5.95 Å². The third-order valence-electron chi connectivity index (χ3n) is 2.47. The van der Waals surface area contributed by atoms with Gasteiger partial charge in [0.25, 0.3) is 0 Å². The van der Waals surface area contributed by atoms with Crippen molar-refractivity contribution in [2.45, 2.75) is 6.92 Å². The van der Waals surface area contributed by atoms with E-state index in [0.29, 0.717) is 21.8 Å². The Hall–Kier alpha value is -1.04. The summed E-state index contributed by atoms with van der Waals surface area (Å²) in [6, 6.07) is 3.75. The number of halogens is 3. The Kier molecular flexibility index (Phi) is 4.50. The van der Waals surface area contributed by atoms with Gasteiger partial charge in [-0.2, -0.15) is 4.98 Å². The van der Waals surface area contributed by atoms with Crippen molar-refractivity contribution in [3.8, 4) is 0 Å². The number of nitrogens with zero attached hydrogens (tertiary/aromatic N) is 2. The molecule has 0 spiro atoms. The first-order valence-corrected chi connectivity index (χ1v) is 6.99. The van der Waals surface area contributed by atoms with E-state index in [1.165, 1.54) is 6.20 Å². The summed E-state index contributed by atoms with van der Waals surface area (Å²) in [5.74, 6) is 1.00. The van der Waals surface area contributed by atoms with Gasteiger partial charge < -0.3 is 10.6 Å². The molecule has 7 heteroatoms. The zero-order valence-corrected chi connectivity index (χ0v) is 13.4. The number of hydrogen-bond donors (Lipinski definition) is 2. The molecule has 0 aliphatic heterocycles. The Labute approximate surface area is 129 Å². The Balaban J connectivity index is 2.38. The van der Waals surface area contributed by atoms with Crippen molar-refractivity contribution in [2.75, 3.05) is 17.7 Å². The average molecular weight is 362 g/mol. The number of hydrogen-bond acceptors (Lipinski definition) is 4. The molecule has 0 fully saturated rings. The second-order valence-corrected chi connectivity index (χ2v) is 5.52. The van der Waals surface area contributed by atoms with Gasteiger partial charge in [0, 0.05) is 16.5 Å². The van der Waals surface area contributed by atoms with Crippen LogP contribution in [0.5, 0.6) is 0 Å². The highest BCUT2D eigenvalue weighted by Gasteiger charge is 2.09. The number of aryl methyl sites for hydroxylation is 1. The van der Waals surface area contributed by atoms with E-state index in [-0.39, 0.29) is 0 Å². The maximum Gasteiger partial charge on any atom is 0.224 e. The minimum Gasteiger partial charge on any atom is -0.357 e. The number of rotatable bonds is 3. The molecule has 0 atom stereocenters. The van der Waals surface area contributed by atoms with E-state index in [4.69, 9.17) is 23.2 Å². The van der Waals surface area contributed by atoms with Crippen LogP contribution in [-0.4, -0.2) is 17.0 Å². The van der Waals surface area contributed by atoms with E-state index in [9.17, 15) is 0 Å². The molecule has 100 valence electrons. The molecule has 2 aromatic rings. The van der Waals surface area contributed by atoms with Gasteiger partial charge in [0.1, 0.15) is 5.02 Å². The highest BCUT2D eigenvalue weighted by Crippen LogP contribution is 2.32. The Morgan fingerprint density at radius 3 is 2.63 bits per heavy atom. The average Bonchev–Trinajstić information content (AvgIpc) is 2.38. The van der Waals surface area contributed by atoms with Crippen LogP contribution in [0.4, 0.5) is 17.5 Å². The molecule has 2 N–H and O–H groups in total. The summed E-state index contributed by atoms with van der Waals surface area (Å²) < 4.78 is 0.884. The molecule has 0 saturated heterocycles.